The lowest BCUT2D eigenvalue weighted by Gasteiger charge is -2.27. The zero-order valence-electron chi connectivity index (χ0n) is 15.3. The first-order valence-corrected chi connectivity index (χ1v) is 8.52. The first-order chi connectivity index (χ1) is 13.6. The number of anilines is 1. The quantitative estimate of drug-likeness (QED) is 0.572. The second kappa shape index (κ2) is 9.00. The number of amidine groups is 1. The molecule has 3 heterocycles. The molecular weight excluding hydrogens is 365 g/mol. The van der Waals surface area contributed by atoms with Crippen LogP contribution in [0.5, 0.6) is 5.75 Å². The minimum atomic E-state index is -0.592. The third-order valence-corrected chi connectivity index (χ3v) is 3.96. The molecule has 3 rings (SSSR count). The van der Waals surface area contributed by atoms with Crippen molar-refractivity contribution in [2.45, 2.75) is 0 Å². The Kier molecular flexibility index (Phi) is 6.22. The van der Waals surface area contributed by atoms with E-state index in [0.717, 1.165) is 6.21 Å². The average Bonchev–Trinajstić information content (AvgIpc) is 2.74. The lowest BCUT2D eigenvalue weighted by molar-refractivity contribution is 0.122. The number of nitrogens with two attached hydrogens (primary N) is 1. The Balaban J connectivity index is 1.86. The summed E-state index contributed by atoms with van der Waals surface area (Å²) in [7, 11) is 1.50. The first-order valence-electron chi connectivity index (χ1n) is 8.52. The van der Waals surface area contributed by atoms with E-state index in [1.54, 1.807) is 6.07 Å². The van der Waals surface area contributed by atoms with Crippen LogP contribution in [0.25, 0.3) is 5.57 Å². The maximum atomic E-state index is 14.2. The molecule has 0 aliphatic carbocycles. The maximum Gasteiger partial charge on any atom is 0.192 e. The minimum Gasteiger partial charge on any atom is -0.494 e. The molecular formula is C18H20FN7O2. The third-order valence-electron chi connectivity index (χ3n) is 3.96. The molecule has 0 atom stereocenters. The number of nitrogens with zero attached hydrogens (tertiary/aromatic N) is 5. The number of ether oxygens (including phenoxy) is 2. The average molecular weight is 385 g/mol. The van der Waals surface area contributed by atoms with Crippen LogP contribution >= 0.6 is 0 Å². The summed E-state index contributed by atoms with van der Waals surface area (Å²) in [5, 5.41) is 7.56. The minimum absolute atomic E-state index is 0.0246. The van der Waals surface area contributed by atoms with Crippen LogP contribution in [-0.2, 0) is 4.74 Å². The van der Waals surface area contributed by atoms with Crippen molar-refractivity contribution in [3.05, 3.63) is 42.2 Å². The van der Waals surface area contributed by atoms with Gasteiger partial charge in [0.1, 0.15) is 11.7 Å². The number of allylic oxidation sites excluding steroid dienone is 1. The Bertz CT molecular complexity index is 893. The number of aromatic nitrogens is 3. The van der Waals surface area contributed by atoms with Gasteiger partial charge in [0, 0.05) is 24.9 Å². The second-order valence-electron chi connectivity index (χ2n) is 5.80. The van der Waals surface area contributed by atoms with Gasteiger partial charge in [0.05, 0.1) is 32.7 Å². The van der Waals surface area contributed by atoms with Gasteiger partial charge in [-0.15, -0.1) is 0 Å². The van der Waals surface area contributed by atoms with Crippen molar-refractivity contribution in [1.29, 1.82) is 5.41 Å². The second-order valence-corrected chi connectivity index (χ2v) is 5.80. The van der Waals surface area contributed by atoms with Crippen molar-refractivity contribution in [3.8, 4) is 5.75 Å². The number of nitrogens with one attached hydrogen (secondary N) is 1. The lowest BCUT2D eigenvalue weighted by atomic mass is 10.2. The molecule has 0 saturated carbocycles. The number of hydrogen-bond acceptors (Lipinski definition) is 8. The van der Waals surface area contributed by atoms with Gasteiger partial charge in [-0.05, 0) is 18.2 Å². The lowest BCUT2D eigenvalue weighted by Crippen LogP contribution is -2.36. The fraction of sp³-hybridized carbons (Fsp3) is 0.278. The Morgan fingerprint density at radius 2 is 2.04 bits per heavy atom. The van der Waals surface area contributed by atoms with Crippen molar-refractivity contribution in [2.24, 2.45) is 10.7 Å². The molecule has 146 valence electrons. The van der Waals surface area contributed by atoms with Gasteiger partial charge in [-0.2, -0.15) is 0 Å². The predicted molar refractivity (Wildman–Crippen MR) is 104 cm³/mol. The van der Waals surface area contributed by atoms with E-state index >= 15 is 0 Å². The van der Waals surface area contributed by atoms with Gasteiger partial charge in [0.25, 0.3) is 0 Å². The van der Waals surface area contributed by atoms with E-state index in [4.69, 9.17) is 20.6 Å². The maximum absolute atomic E-state index is 14.2. The number of methoxy groups -OCH3 is 1. The fourth-order valence-corrected chi connectivity index (χ4v) is 2.52. The first kappa shape index (κ1) is 19.4. The molecule has 3 N–H and O–H groups in total. The summed E-state index contributed by atoms with van der Waals surface area (Å²) in [6, 6.07) is 2.90. The van der Waals surface area contributed by atoms with E-state index in [-0.39, 0.29) is 17.5 Å². The topological polar surface area (TPSA) is 123 Å². The van der Waals surface area contributed by atoms with Gasteiger partial charge < -0.3 is 25.5 Å². The largest absolute Gasteiger partial charge is 0.494 e. The van der Waals surface area contributed by atoms with Crippen molar-refractivity contribution < 1.29 is 13.9 Å². The Morgan fingerprint density at radius 3 is 2.68 bits per heavy atom. The molecule has 9 nitrogen and oxygen atoms in total. The summed E-state index contributed by atoms with van der Waals surface area (Å²) in [4.78, 5) is 18.5. The number of morpholine rings is 1. The molecule has 1 aliphatic rings. The number of aliphatic imine (C=N–C) groups is 1. The molecule has 0 aromatic carbocycles. The van der Waals surface area contributed by atoms with Crippen LogP contribution in [-0.4, -0.2) is 60.4 Å². The van der Waals surface area contributed by atoms with E-state index in [0.29, 0.717) is 43.4 Å². The summed E-state index contributed by atoms with van der Waals surface area (Å²) in [6.45, 7) is 2.52. The normalized spacial score (nSPS) is 15.4. The van der Waals surface area contributed by atoms with Crippen LogP contribution in [0.1, 0.15) is 5.82 Å². The Morgan fingerprint density at radius 1 is 1.32 bits per heavy atom. The third kappa shape index (κ3) is 4.65. The summed E-state index contributed by atoms with van der Waals surface area (Å²) in [5.41, 5.74) is 6.24. The van der Waals surface area contributed by atoms with Gasteiger partial charge in [-0.1, -0.05) is 0 Å². The smallest absolute Gasteiger partial charge is 0.192 e. The van der Waals surface area contributed by atoms with Crippen molar-refractivity contribution in [1.82, 2.24) is 15.0 Å². The molecule has 28 heavy (non-hydrogen) atoms. The highest BCUT2D eigenvalue weighted by molar-refractivity contribution is 6.14. The van der Waals surface area contributed by atoms with Crippen molar-refractivity contribution in [3.63, 3.8) is 0 Å². The number of halogens is 1. The highest BCUT2D eigenvalue weighted by Crippen LogP contribution is 2.21. The van der Waals surface area contributed by atoms with Crippen molar-refractivity contribution >= 4 is 29.3 Å². The molecule has 0 radical (unpaired) electrons. The van der Waals surface area contributed by atoms with Crippen LogP contribution in [0.2, 0.25) is 0 Å². The van der Waals surface area contributed by atoms with Crippen LogP contribution < -0.4 is 15.4 Å². The molecule has 0 spiro atoms. The van der Waals surface area contributed by atoms with Gasteiger partial charge in [-0.3, -0.25) is 0 Å². The van der Waals surface area contributed by atoms with E-state index < -0.39 is 5.82 Å². The van der Waals surface area contributed by atoms with E-state index in [1.165, 1.54) is 31.6 Å². The van der Waals surface area contributed by atoms with E-state index in [1.807, 2.05) is 4.90 Å². The van der Waals surface area contributed by atoms with Crippen LogP contribution in [0.3, 0.4) is 0 Å². The summed E-state index contributed by atoms with van der Waals surface area (Å²) in [6.07, 6.45) is 5.37. The Labute approximate surface area is 161 Å². The van der Waals surface area contributed by atoms with Gasteiger partial charge in [-0.25, -0.2) is 24.3 Å². The molecule has 1 saturated heterocycles. The SMILES string of the molecule is COc1cnc(/C(C=N)=C/C(N)=N/c2nc(N3CCOCC3)ccc2F)nc1. The predicted octanol–water partition coefficient (Wildman–Crippen LogP) is 1.58. The number of hydrogen-bond donors (Lipinski definition) is 2. The Hall–Kier alpha value is -3.40. The molecule has 0 amide bonds. The highest BCUT2D eigenvalue weighted by Gasteiger charge is 2.14. The number of rotatable bonds is 6. The molecule has 10 heteroatoms. The summed E-state index contributed by atoms with van der Waals surface area (Å²) >= 11 is 0. The van der Waals surface area contributed by atoms with Gasteiger partial charge in [0.2, 0.25) is 0 Å². The molecule has 1 fully saturated rings. The highest BCUT2D eigenvalue weighted by atomic mass is 19.1. The van der Waals surface area contributed by atoms with Crippen LogP contribution in [0.4, 0.5) is 16.0 Å². The number of pyridine rings is 1. The molecule has 0 unspecified atom stereocenters. The van der Waals surface area contributed by atoms with Crippen LogP contribution in [0.15, 0.2) is 35.6 Å². The summed E-state index contributed by atoms with van der Waals surface area (Å²) in [5.74, 6) is 0.614. The zero-order chi connectivity index (χ0) is 19.9. The van der Waals surface area contributed by atoms with E-state index in [9.17, 15) is 4.39 Å². The van der Waals surface area contributed by atoms with Gasteiger partial charge in [0.15, 0.2) is 23.2 Å². The van der Waals surface area contributed by atoms with Crippen LogP contribution in [0, 0.1) is 11.2 Å². The van der Waals surface area contributed by atoms with Crippen molar-refractivity contribution in [2.75, 3.05) is 38.3 Å². The standard InChI is InChI=1S/C18H20FN7O2/c1-27-13-10-22-17(23-11-13)12(9-20)8-15(21)24-18-14(19)2-3-16(25-18)26-4-6-28-7-5-26/h2-3,8-11,20H,4-7H2,1H3,(H2,21,24,25)/b12-8+,20-9?. The van der Waals surface area contributed by atoms with Gasteiger partial charge >= 0.3 is 0 Å². The summed E-state index contributed by atoms with van der Waals surface area (Å²) < 4.78 is 24.5. The monoisotopic (exact) mass is 385 g/mol. The molecule has 1 aliphatic heterocycles. The molecule has 2 aromatic heterocycles. The zero-order valence-corrected chi connectivity index (χ0v) is 15.3. The van der Waals surface area contributed by atoms with E-state index in [2.05, 4.69) is 19.9 Å². The fourth-order valence-electron chi connectivity index (χ4n) is 2.52. The molecule has 2 aromatic rings. The molecule has 0 bridgehead atoms.